The van der Waals surface area contributed by atoms with Gasteiger partial charge < -0.3 is 14.2 Å². The van der Waals surface area contributed by atoms with Gasteiger partial charge in [-0.25, -0.2) is 0 Å². The highest BCUT2D eigenvalue weighted by Crippen LogP contribution is 2.30. The third kappa shape index (κ3) is 8.86. The van der Waals surface area contributed by atoms with E-state index in [9.17, 15) is 0 Å². The minimum Gasteiger partial charge on any atom is -0.496 e. The Labute approximate surface area is 181 Å². The third-order valence-electron chi connectivity index (χ3n) is 5.09. The van der Waals surface area contributed by atoms with Crippen LogP contribution in [0.2, 0.25) is 0 Å². The Balaban J connectivity index is 1.87. The molecule has 1 heterocycles. The van der Waals surface area contributed by atoms with Gasteiger partial charge in [-0.1, -0.05) is 44.2 Å². The predicted molar refractivity (Wildman–Crippen MR) is 122 cm³/mol. The van der Waals surface area contributed by atoms with Crippen LogP contribution in [-0.2, 0) is 15.9 Å². The van der Waals surface area contributed by atoms with Crippen LogP contribution in [0.1, 0.15) is 70.3 Å². The smallest absolute Gasteiger partial charge is 0.157 e. The van der Waals surface area contributed by atoms with Crippen LogP contribution in [0.25, 0.3) is 0 Å². The Hall–Kier alpha value is -1.41. The molecule has 1 aromatic carbocycles. The largest absolute Gasteiger partial charge is 0.496 e. The van der Waals surface area contributed by atoms with Crippen molar-refractivity contribution in [3.63, 3.8) is 0 Å². The van der Waals surface area contributed by atoms with Crippen molar-refractivity contribution in [3.05, 3.63) is 36.4 Å². The number of benzene rings is 1. The molecule has 1 aliphatic heterocycles. The second-order valence-corrected chi connectivity index (χ2v) is 8.25. The molecule has 1 saturated heterocycles. The number of rotatable bonds is 12. The number of ether oxygens (including phenoxy) is 3. The van der Waals surface area contributed by atoms with Crippen molar-refractivity contribution in [2.45, 2.75) is 88.4 Å². The van der Waals surface area contributed by atoms with E-state index in [1.165, 1.54) is 25.7 Å². The summed E-state index contributed by atoms with van der Waals surface area (Å²) in [6.45, 7) is 6.92. The number of thioether (sulfide) groups is 1. The summed E-state index contributed by atoms with van der Waals surface area (Å²) < 4.78 is 17.5. The molecule has 0 aromatic heterocycles. The van der Waals surface area contributed by atoms with E-state index in [4.69, 9.17) is 14.2 Å². The van der Waals surface area contributed by atoms with Gasteiger partial charge in [-0.2, -0.15) is 0 Å². The first-order valence-corrected chi connectivity index (χ1v) is 11.8. The van der Waals surface area contributed by atoms with Crippen LogP contribution < -0.4 is 4.74 Å². The lowest BCUT2D eigenvalue weighted by atomic mass is 10.1. The van der Waals surface area contributed by atoms with Crippen molar-refractivity contribution in [2.75, 3.05) is 13.7 Å². The third-order valence-corrected chi connectivity index (χ3v) is 5.94. The van der Waals surface area contributed by atoms with Crippen LogP contribution in [0.15, 0.2) is 35.7 Å². The Bertz CT molecular complexity index is 656. The van der Waals surface area contributed by atoms with Gasteiger partial charge in [-0.15, -0.1) is 6.58 Å². The van der Waals surface area contributed by atoms with Crippen LogP contribution in [0.5, 0.6) is 5.75 Å². The molecule has 4 heteroatoms. The van der Waals surface area contributed by atoms with E-state index in [0.29, 0.717) is 0 Å². The maximum absolute atomic E-state index is 6.26. The molecule has 0 radical (unpaired) electrons. The lowest BCUT2D eigenvalue weighted by molar-refractivity contribution is -0.190. The maximum Gasteiger partial charge on any atom is 0.157 e. The van der Waals surface area contributed by atoms with Gasteiger partial charge in [-0.05, 0) is 67.7 Å². The molecule has 2 atom stereocenters. The summed E-state index contributed by atoms with van der Waals surface area (Å²) in [5.41, 5.74) is 1.15. The molecule has 1 unspecified atom stereocenters. The van der Waals surface area contributed by atoms with Crippen molar-refractivity contribution in [3.8, 4) is 16.9 Å². The summed E-state index contributed by atoms with van der Waals surface area (Å²) in [6, 6.07) is 6.09. The second kappa shape index (κ2) is 14.6. The van der Waals surface area contributed by atoms with Crippen molar-refractivity contribution in [2.24, 2.45) is 0 Å². The zero-order valence-corrected chi connectivity index (χ0v) is 18.9. The van der Waals surface area contributed by atoms with Gasteiger partial charge in [0.1, 0.15) is 5.75 Å². The van der Waals surface area contributed by atoms with E-state index in [-0.39, 0.29) is 12.4 Å². The quantitative estimate of drug-likeness (QED) is 0.163. The van der Waals surface area contributed by atoms with Crippen molar-refractivity contribution < 1.29 is 14.2 Å². The molecule has 1 fully saturated rings. The highest BCUT2D eigenvalue weighted by atomic mass is 32.2. The van der Waals surface area contributed by atoms with Gasteiger partial charge >= 0.3 is 0 Å². The predicted octanol–water partition coefficient (Wildman–Crippen LogP) is 6.75. The summed E-state index contributed by atoms with van der Waals surface area (Å²) in [6.07, 6.45) is 12.9. The van der Waals surface area contributed by atoms with Gasteiger partial charge in [0.2, 0.25) is 0 Å². The maximum atomic E-state index is 6.26. The minimum atomic E-state index is -0.0176. The molecule has 1 aliphatic rings. The van der Waals surface area contributed by atoms with Gasteiger partial charge in [-0.3, -0.25) is 0 Å². The van der Waals surface area contributed by atoms with Crippen LogP contribution in [0.3, 0.4) is 0 Å². The fourth-order valence-corrected chi connectivity index (χ4v) is 4.23. The lowest BCUT2D eigenvalue weighted by Crippen LogP contribution is -2.28. The standard InChI is InChI=1S/C25H36O3S/c1-4-6-7-14-21(28-25-18-8-10-19-27-25)15-9-11-20-29-24-17-12-16-23(26-3)22(24)13-5-2/h5,12,16-17,21,25H,2,4,6-10,13-15,18-19H2,1,3H3/t21-,25?/m0/s1. The van der Waals surface area contributed by atoms with Crippen LogP contribution in [0, 0.1) is 11.2 Å². The van der Waals surface area contributed by atoms with Gasteiger partial charge in [0, 0.05) is 23.5 Å². The van der Waals surface area contributed by atoms with E-state index in [2.05, 4.69) is 30.7 Å². The molecule has 3 nitrogen and oxygen atoms in total. The van der Waals surface area contributed by atoms with Crippen LogP contribution in [0.4, 0.5) is 0 Å². The van der Waals surface area contributed by atoms with E-state index in [1.807, 2.05) is 18.2 Å². The van der Waals surface area contributed by atoms with E-state index in [0.717, 1.165) is 61.3 Å². The van der Waals surface area contributed by atoms with Gasteiger partial charge in [0.05, 0.1) is 13.2 Å². The van der Waals surface area contributed by atoms with E-state index < -0.39 is 0 Å². The van der Waals surface area contributed by atoms with Crippen LogP contribution in [-0.4, -0.2) is 26.1 Å². The molecule has 0 saturated carbocycles. The number of unbranched alkanes of at least 4 members (excludes halogenated alkanes) is 2. The molecular weight excluding hydrogens is 380 g/mol. The number of methoxy groups -OCH3 is 1. The lowest BCUT2D eigenvalue weighted by Gasteiger charge is -2.27. The highest BCUT2D eigenvalue weighted by Gasteiger charge is 2.19. The fourth-order valence-electron chi connectivity index (χ4n) is 3.49. The summed E-state index contributed by atoms with van der Waals surface area (Å²) >= 11 is 1.57. The van der Waals surface area contributed by atoms with Gasteiger partial charge in [0.25, 0.3) is 0 Å². The minimum absolute atomic E-state index is 0.0176. The Morgan fingerprint density at radius 3 is 2.93 bits per heavy atom. The zero-order valence-electron chi connectivity index (χ0n) is 18.1. The monoisotopic (exact) mass is 416 g/mol. The summed E-state index contributed by atoms with van der Waals surface area (Å²) in [5.74, 6) is 4.22. The molecule has 160 valence electrons. The first-order chi connectivity index (χ1) is 14.3. The zero-order chi connectivity index (χ0) is 20.7. The number of hydrogen-bond donors (Lipinski definition) is 0. The Kier molecular flexibility index (Phi) is 12.0. The molecule has 2 rings (SSSR count). The van der Waals surface area contributed by atoms with E-state index >= 15 is 0 Å². The summed E-state index contributed by atoms with van der Waals surface area (Å²) in [7, 11) is 1.71. The molecule has 0 aliphatic carbocycles. The number of hydrogen-bond acceptors (Lipinski definition) is 4. The average molecular weight is 417 g/mol. The van der Waals surface area contributed by atoms with Crippen molar-refractivity contribution >= 4 is 11.8 Å². The molecule has 29 heavy (non-hydrogen) atoms. The van der Waals surface area contributed by atoms with E-state index in [1.54, 1.807) is 18.9 Å². The Morgan fingerprint density at radius 2 is 2.21 bits per heavy atom. The highest BCUT2D eigenvalue weighted by molar-refractivity contribution is 8.04. The first kappa shape index (κ1) is 23.9. The van der Waals surface area contributed by atoms with Crippen molar-refractivity contribution in [1.82, 2.24) is 0 Å². The first-order valence-electron chi connectivity index (χ1n) is 11.0. The molecule has 0 bridgehead atoms. The van der Waals surface area contributed by atoms with Crippen molar-refractivity contribution in [1.29, 1.82) is 0 Å². The molecular formula is C25H36O3S. The molecule has 0 amide bonds. The SMILES string of the molecule is C=CCc1c(OC)cccc1SC#CCC[C@H](CCCCC)OC1CCCCO1. The summed E-state index contributed by atoms with van der Waals surface area (Å²) in [5, 5.41) is 3.27. The second-order valence-electron chi connectivity index (χ2n) is 7.40. The van der Waals surface area contributed by atoms with Gasteiger partial charge in [0.15, 0.2) is 6.29 Å². The molecule has 0 spiro atoms. The molecule has 1 aromatic rings. The molecule has 0 N–H and O–H groups in total. The normalized spacial score (nSPS) is 17.2. The fraction of sp³-hybridized carbons (Fsp3) is 0.600. The topological polar surface area (TPSA) is 27.7 Å². The summed E-state index contributed by atoms with van der Waals surface area (Å²) in [4.78, 5) is 1.14. The Morgan fingerprint density at radius 1 is 1.31 bits per heavy atom. The number of allylic oxidation sites excluding steroid dienone is 1. The average Bonchev–Trinajstić information content (AvgIpc) is 2.75. The van der Waals surface area contributed by atoms with Crippen LogP contribution >= 0.6 is 11.8 Å².